The highest BCUT2D eigenvalue weighted by molar-refractivity contribution is 5.91. The lowest BCUT2D eigenvalue weighted by Crippen LogP contribution is -2.54. The van der Waals surface area contributed by atoms with Crippen molar-refractivity contribution in [2.75, 3.05) is 20.6 Å². The van der Waals surface area contributed by atoms with Gasteiger partial charge in [-0.1, -0.05) is 19.4 Å². The van der Waals surface area contributed by atoms with E-state index >= 15 is 0 Å². The van der Waals surface area contributed by atoms with Crippen LogP contribution in [0.25, 0.3) is 0 Å². The Labute approximate surface area is 152 Å². The Morgan fingerprint density at radius 3 is 2.64 bits per heavy atom. The molecule has 4 rings (SSSR count). The summed E-state index contributed by atoms with van der Waals surface area (Å²) in [5, 5.41) is 10.7. The SMILES string of the molecule is CN(C)C[C@@H]1C[C@H]2[C@@H]3CC[C@H](O)[C@@]3(C)CC[C@@H]2[C@@]2(C)CCC(=O)C=C12. The van der Waals surface area contributed by atoms with E-state index in [4.69, 9.17) is 0 Å². The average molecular weight is 346 g/mol. The molecule has 25 heavy (non-hydrogen) atoms. The van der Waals surface area contributed by atoms with Crippen LogP contribution in [0.15, 0.2) is 11.6 Å². The van der Waals surface area contributed by atoms with Crippen LogP contribution in [-0.4, -0.2) is 42.5 Å². The topological polar surface area (TPSA) is 40.5 Å². The van der Waals surface area contributed by atoms with Crippen molar-refractivity contribution in [2.24, 2.45) is 34.5 Å². The van der Waals surface area contributed by atoms with Gasteiger partial charge in [0.25, 0.3) is 0 Å². The molecule has 0 aromatic heterocycles. The van der Waals surface area contributed by atoms with Crippen molar-refractivity contribution in [3.05, 3.63) is 11.6 Å². The van der Waals surface area contributed by atoms with Gasteiger partial charge in [0.05, 0.1) is 6.10 Å². The third kappa shape index (κ3) is 2.56. The van der Waals surface area contributed by atoms with Crippen LogP contribution in [0.1, 0.15) is 58.8 Å². The number of hydrogen-bond acceptors (Lipinski definition) is 3. The van der Waals surface area contributed by atoms with E-state index in [0.29, 0.717) is 23.5 Å². The van der Waals surface area contributed by atoms with Crippen molar-refractivity contribution >= 4 is 5.78 Å². The first kappa shape index (κ1) is 17.7. The van der Waals surface area contributed by atoms with Gasteiger partial charge in [0.2, 0.25) is 0 Å². The molecule has 3 nitrogen and oxygen atoms in total. The molecule has 140 valence electrons. The Bertz CT molecular complexity index is 597. The van der Waals surface area contributed by atoms with Gasteiger partial charge in [-0.05, 0) is 93.2 Å². The molecule has 4 aliphatic carbocycles. The summed E-state index contributed by atoms with van der Waals surface area (Å²) < 4.78 is 0. The maximum absolute atomic E-state index is 12.2. The van der Waals surface area contributed by atoms with Gasteiger partial charge in [-0.2, -0.15) is 0 Å². The molecule has 3 saturated carbocycles. The minimum atomic E-state index is -0.108. The Balaban J connectivity index is 1.73. The van der Waals surface area contributed by atoms with Crippen molar-refractivity contribution in [1.82, 2.24) is 4.90 Å². The average Bonchev–Trinajstić information content (AvgIpc) is 2.84. The zero-order valence-corrected chi connectivity index (χ0v) is 16.4. The molecule has 0 bridgehead atoms. The van der Waals surface area contributed by atoms with Crippen LogP contribution in [0, 0.1) is 34.5 Å². The molecule has 0 aromatic rings. The summed E-state index contributed by atoms with van der Waals surface area (Å²) in [5.74, 6) is 2.93. The van der Waals surface area contributed by atoms with Crippen LogP contribution in [0.2, 0.25) is 0 Å². The van der Waals surface area contributed by atoms with Gasteiger partial charge in [-0.25, -0.2) is 0 Å². The highest BCUT2D eigenvalue weighted by Crippen LogP contribution is 2.66. The molecule has 0 spiro atoms. The zero-order chi connectivity index (χ0) is 18.0. The van der Waals surface area contributed by atoms with Crippen LogP contribution in [0.3, 0.4) is 0 Å². The fourth-order valence-corrected chi connectivity index (χ4v) is 7.37. The van der Waals surface area contributed by atoms with Gasteiger partial charge in [0.15, 0.2) is 5.78 Å². The predicted molar refractivity (Wildman–Crippen MR) is 100 cm³/mol. The quantitative estimate of drug-likeness (QED) is 0.830. The highest BCUT2D eigenvalue weighted by atomic mass is 16.3. The van der Waals surface area contributed by atoms with Crippen LogP contribution in [0.4, 0.5) is 0 Å². The molecular formula is C22H35NO2. The van der Waals surface area contributed by atoms with E-state index < -0.39 is 0 Å². The van der Waals surface area contributed by atoms with E-state index in [-0.39, 0.29) is 16.9 Å². The standard InChI is InChI=1S/C22H35NO2/c1-21-9-7-15(24)12-19(21)14(13-23(3)4)11-16-17-5-6-20(25)22(17,2)10-8-18(16)21/h12,14,16-18,20,25H,5-11,13H2,1-4H3/t14-,16-,17-,18-,20-,21+,22-/m0/s1. The molecular weight excluding hydrogens is 310 g/mol. The first-order valence-electron chi connectivity index (χ1n) is 10.3. The maximum atomic E-state index is 12.2. The Morgan fingerprint density at radius 1 is 1.16 bits per heavy atom. The number of aliphatic hydroxyl groups is 1. The van der Waals surface area contributed by atoms with Crippen LogP contribution in [-0.2, 0) is 4.79 Å². The number of carbonyl (C=O) groups excluding carboxylic acids is 1. The molecule has 0 saturated heterocycles. The molecule has 0 unspecified atom stereocenters. The van der Waals surface area contributed by atoms with Crippen molar-refractivity contribution in [3.63, 3.8) is 0 Å². The predicted octanol–water partition coefficient (Wildman–Crippen LogP) is 3.67. The molecule has 1 N–H and O–H groups in total. The largest absolute Gasteiger partial charge is 0.393 e. The van der Waals surface area contributed by atoms with Crippen LogP contribution < -0.4 is 0 Å². The summed E-state index contributed by atoms with van der Waals surface area (Å²) >= 11 is 0. The van der Waals surface area contributed by atoms with Gasteiger partial charge >= 0.3 is 0 Å². The molecule has 3 fully saturated rings. The molecule has 0 radical (unpaired) electrons. The van der Waals surface area contributed by atoms with Gasteiger partial charge in [0.1, 0.15) is 0 Å². The Kier molecular flexibility index (Phi) is 4.20. The summed E-state index contributed by atoms with van der Waals surface area (Å²) in [6, 6.07) is 0. The van der Waals surface area contributed by atoms with Crippen LogP contribution in [0.5, 0.6) is 0 Å². The smallest absolute Gasteiger partial charge is 0.155 e. The second kappa shape index (κ2) is 5.92. The first-order chi connectivity index (χ1) is 11.8. The molecule has 0 aliphatic heterocycles. The molecule has 7 atom stereocenters. The number of ketones is 1. The van der Waals surface area contributed by atoms with Gasteiger partial charge in [-0.3, -0.25) is 4.79 Å². The van der Waals surface area contributed by atoms with Crippen molar-refractivity contribution in [2.45, 2.75) is 64.9 Å². The lowest BCUT2D eigenvalue weighted by molar-refractivity contribution is -0.119. The van der Waals surface area contributed by atoms with E-state index in [1.807, 2.05) is 6.08 Å². The van der Waals surface area contributed by atoms with Gasteiger partial charge < -0.3 is 10.0 Å². The third-order valence-corrected chi connectivity index (χ3v) is 8.65. The summed E-state index contributed by atoms with van der Waals surface area (Å²) in [5.41, 5.74) is 1.79. The molecule has 0 amide bonds. The Morgan fingerprint density at radius 2 is 1.92 bits per heavy atom. The first-order valence-corrected chi connectivity index (χ1v) is 10.3. The zero-order valence-electron chi connectivity index (χ0n) is 16.4. The van der Waals surface area contributed by atoms with Gasteiger partial charge in [-0.15, -0.1) is 0 Å². The summed E-state index contributed by atoms with van der Waals surface area (Å²) in [6.45, 7) is 5.85. The van der Waals surface area contributed by atoms with Crippen molar-refractivity contribution in [1.29, 1.82) is 0 Å². The molecule has 0 heterocycles. The lowest BCUT2D eigenvalue weighted by Gasteiger charge is -2.59. The Hall–Kier alpha value is -0.670. The van der Waals surface area contributed by atoms with Crippen molar-refractivity contribution in [3.8, 4) is 0 Å². The molecule has 3 heteroatoms. The lowest BCUT2D eigenvalue weighted by atomic mass is 9.45. The fraction of sp³-hybridized carbons (Fsp3) is 0.864. The van der Waals surface area contributed by atoms with E-state index in [9.17, 15) is 9.90 Å². The number of hydrogen-bond donors (Lipinski definition) is 1. The summed E-state index contributed by atoms with van der Waals surface area (Å²) in [6.07, 6.45) is 9.47. The van der Waals surface area contributed by atoms with E-state index in [1.165, 1.54) is 24.8 Å². The maximum Gasteiger partial charge on any atom is 0.155 e. The minimum absolute atomic E-state index is 0.108. The summed E-state index contributed by atoms with van der Waals surface area (Å²) in [7, 11) is 4.30. The van der Waals surface area contributed by atoms with E-state index in [2.05, 4.69) is 32.8 Å². The van der Waals surface area contributed by atoms with E-state index in [1.54, 1.807) is 0 Å². The number of carbonyl (C=O) groups is 1. The number of nitrogens with zero attached hydrogens (tertiary/aromatic N) is 1. The normalized spacial score (nSPS) is 49.4. The van der Waals surface area contributed by atoms with Crippen molar-refractivity contribution < 1.29 is 9.90 Å². The highest BCUT2D eigenvalue weighted by Gasteiger charge is 2.60. The number of rotatable bonds is 2. The third-order valence-electron chi connectivity index (χ3n) is 8.65. The molecule has 4 aliphatic rings. The fourth-order valence-electron chi connectivity index (χ4n) is 7.37. The second-order valence-corrected chi connectivity index (χ2v) is 10.2. The monoisotopic (exact) mass is 345 g/mol. The summed E-state index contributed by atoms with van der Waals surface area (Å²) in [4.78, 5) is 14.5. The molecule has 0 aromatic carbocycles. The minimum Gasteiger partial charge on any atom is -0.393 e. The number of aliphatic hydroxyl groups excluding tert-OH is 1. The van der Waals surface area contributed by atoms with Gasteiger partial charge in [0, 0.05) is 13.0 Å². The second-order valence-electron chi connectivity index (χ2n) is 10.2. The van der Waals surface area contributed by atoms with E-state index in [0.717, 1.165) is 38.1 Å². The van der Waals surface area contributed by atoms with Crippen LogP contribution >= 0.6 is 0 Å². The number of fused-ring (bicyclic) bond motifs is 5.